The van der Waals surface area contributed by atoms with Crippen LogP contribution in [0.3, 0.4) is 0 Å². The fourth-order valence-electron chi connectivity index (χ4n) is 0.490. The molecule has 0 aromatic rings. The molecule has 0 saturated carbocycles. The summed E-state index contributed by atoms with van der Waals surface area (Å²) in [5.74, 6) is -1.13. The van der Waals surface area contributed by atoms with Gasteiger partial charge in [0.15, 0.2) is 6.19 Å². The number of nitrogens with zero attached hydrogens (tertiary/aromatic N) is 1. The van der Waals surface area contributed by atoms with Crippen LogP contribution >= 0.6 is 0 Å². The van der Waals surface area contributed by atoms with Gasteiger partial charge in [-0.05, 0) is 0 Å². The van der Waals surface area contributed by atoms with Gasteiger partial charge in [-0.2, -0.15) is 18.4 Å². The molecule has 0 heterocycles. The van der Waals surface area contributed by atoms with Crippen molar-refractivity contribution < 1.29 is 18.0 Å². The normalized spacial score (nSPS) is 13.2. The first-order valence-corrected chi connectivity index (χ1v) is 2.88. The highest BCUT2D eigenvalue weighted by molar-refractivity contribution is 5.82. The smallest absolute Gasteiger partial charge is 0.320 e. The van der Waals surface area contributed by atoms with Crippen LogP contribution in [0.15, 0.2) is 0 Å². The Morgan fingerprint density at radius 3 is 2.50 bits per heavy atom. The Morgan fingerprint density at radius 1 is 1.67 bits per heavy atom. The summed E-state index contributed by atoms with van der Waals surface area (Å²) in [7, 11) is 0. The van der Waals surface area contributed by atoms with Crippen molar-refractivity contribution in [3.8, 4) is 6.19 Å². The van der Waals surface area contributed by atoms with Gasteiger partial charge in [0.25, 0.3) is 0 Å². The molecule has 0 radical (unpaired) electrons. The van der Waals surface area contributed by atoms with Crippen molar-refractivity contribution in [2.24, 2.45) is 5.73 Å². The van der Waals surface area contributed by atoms with E-state index < -0.39 is 24.5 Å². The van der Waals surface area contributed by atoms with Crippen LogP contribution in [0, 0.1) is 11.5 Å². The van der Waals surface area contributed by atoms with Crippen molar-refractivity contribution in [1.82, 2.24) is 5.32 Å². The van der Waals surface area contributed by atoms with Crippen molar-refractivity contribution in [1.29, 1.82) is 5.26 Å². The number of alkyl halides is 3. The first kappa shape index (κ1) is 10.7. The standard InChI is InChI=1S/C5H6F3N3O/c6-5(7,8)1-3(10)4(12)11-2-9/h3H,1,10H2,(H,11,12). The average molecular weight is 181 g/mol. The molecule has 0 aliphatic carbocycles. The largest absolute Gasteiger partial charge is 0.391 e. The highest BCUT2D eigenvalue weighted by Gasteiger charge is 2.33. The Hall–Kier alpha value is -1.29. The van der Waals surface area contributed by atoms with Crippen LogP contribution in [0.5, 0.6) is 0 Å². The van der Waals surface area contributed by atoms with Gasteiger partial charge in [-0.3, -0.25) is 10.1 Å². The molecule has 0 spiro atoms. The molecular weight excluding hydrogens is 175 g/mol. The SMILES string of the molecule is N#CNC(=O)C(N)CC(F)(F)F. The third kappa shape index (κ3) is 4.51. The highest BCUT2D eigenvalue weighted by Crippen LogP contribution is 2.20. The van der Waals surface area contributed by atoms with Crippen LogP contribution in [-0.4, -0.2) is 18.1 Å². The lowest BCUT2D eigenvalue weighted by Crippen LogP contribution is -2.41. The Morgan fingerprint density at radius 2 is 2.17 bits per heavy atom. The molecule has 0 bridgehead atoms. The van der Waals surface area contributed by atoms with Crippen LogP contribution < -0.4 is 11.1 Å². The molecule has 1 unspecified atom stereocenters. The van der Waals surface area contributed by atoms with E-state index in [2.05, 4.69) is 0 Å². The van der Waals surface area contributed by atoms with Crippen LogP contribution in [-0.2, 0) is 4.79 Å². The van der Waals surface area contributed by atoms with Gasteiger partial charge in [0.1, 0.15) is 0 Å². The highest BCUT2D eigenvalue weighted by atomic mass is 19.4. The summed E-state index contributed by atoms with van der Waals surface area (Å²) < 4.78 is 34.7. The molecule has 7 heteroatoms. The van der Waals surface area contributed by atoms with E-state index in [0.29, 0.717) is 0 Å². The number of nitrogens with two attached hydrogens (primary N) is 1. The van der Waals surface area contributed by atoms with E-state index in [0.717, 1.165) is 0 Å². The lowest BCUT2D eigenvalue weighted by Gasteiger charge is -2.10. The summed E-state index contributed by atoms with van der Waals surface area (Å²) in [4.78, 5) is 10.5. The molecule has 0 aromatic heterocycles. The zero-order valence-electron chi connectivity index (χ0n) is 5.85. The van der Waals surface area contributed by atoms with E-state index >= 15 is 0 Å². The van der Waals surface area contributed by atoms with Gasteiger partial charge in [-0.15, -0.1) is 0 Å². The minimum atomic E-state index is -4.49. The number of hydrogen-bond acceptors (Lipinski definition) is 3. The van der Waals surface area contributed by atoms with Crippen molar-refractivity contribution in [3.63, 3.8) is 0 Å². The van der Waals surface area contributed by atoms with E-state index in [4.69, 9.17) is 11.0 Å². The van der Waals surface area contributed by atoms with E-state index in [1.807, 2.05) is 0 Å². The van der Waals surface area contributed by atoms with Crippen LogP contribution in [0.4, 0.5) is 13.2 Å². The number of carbonyl (C=O) groups is 1. The van der Waals surface area contributed by atoms with Gasteiger partial charge < -0.3 is 5.73 Å². The molecule has 0 rings (SSSR count). The number of amides is 1. The lowest BCUT2D eigenvalue weighted by atomic mass is 10.2. The second kappa shape index (κ2) is 3.92. The first-order chi connectivity index (χ1) is 5.37. The number of hydrogen-bond donors (Lipinski definition) is 2. The topological polar surface area (TPSA) is 78.9 Å². The molecule has 1 atom stereocenters. The minimum Gasteiger partial charge on any atom is -0.320 e. The predicted molar refractivity (Wildman–Crippen MR) is 32.4 cm³/mol. The molecule has 3 N–H and O–H groups in total. The Balaban J connectivity index is 3.98. The number of nitriles is 1. The second-order valence-electron chi connectivity index (χ2n) is 2.03. The van der Waals surface area contributed by atoms with Gasteiger partial charge in [0.2, 0.25) is 5.91 Å². The third-order valence-corrected chi connectivity index (χ3v) is 0.967. The number of rotatable bonds is 2. The molecule has 0 saturated heterocycles. The molecule has 0 fully saturated rings. The third-order valence-electron chi connectivity index (χ3n) is 0.967. The van der Waals surface area contributed by atoms with Gasteiger partial charge >= 0.3 is 6.18 Å². The van der Waals surface area contributed by atoms with E-state index in [1.165, 1.54) is 11.5 Å². The monoisotopic (exact) mass is 181 g/mol. The van der Waals surface area contributed by atoms with Gasteiger partial charge in [-0.25, -0.2) is 0 Å². The van der Waals surface area contributed by atoms with Crippen LogP contribution in [0.2, 0.25) is 0 Å². The van der Waals surface area contributed by atoms with Crippen molar-refractivity contribution in [2.75, 3.05) is 0 Å². The maximum absolute atomic E-state index is 11.6. The Labute approximate surface area is 66.1 Å². The van der Waals surface area contributed by atoms with Crippen LogP contribution in [0.25, 0.3) is 0 Å². The fourth-order valence-corrected chi connectivity index (χ4v) is 0.490. The Kier molecular flexibility index (Phi) is 3.50. The Bertz CT molecular complexity index is 207. The molecule has 1 amide bonds. The van der Waals surface area contributed by atoms with Gasteiger partial charge in [0, 0.05) is 0 Å². The molecule has 0 aliphatic heterocycles. The number of nitrogens with one attached hydrogen (secondary N) is 1. The first-order valence-electron chi connectivity index (χ1n) is 2.88. The molecule has 0 aromatic carbocycles. The maximum Gasteiger partial charge on any atom is 0.391 e. The summed E-state index contributed by atoms with van der Waals surface area (Å²) in [6.45, 7) is 0. The molecular formula is C5H6F3N3O. The number of halogens is 3. The summed E-state index contributed by atoms with van der Waals surface area (Å²) in [5.41, 5.74) is 4.81. The predicted octanol–water partition coefficient (Wildman–Crippen LogP) is -0.137. The maximum atomic E-state index is 11.6. The lowest BCUT2D eigenvalue weighted by molar-refractivity contribution is -0.146. The molecule has 0 aliphatic rings. The van der Waals surface area contributed by atoms with E-state index in [-0.39, 0.29) is 0 Å². The molecule has 4 nitrogen and oxygen atoms in total. The van der Waals surface area contributed by atoms with Crippen molar-refractivity contribution in [2.45, 2.75) is 18.6 Å². The quantitative estimate of drug-likeness (QED) is 0.459. The number of carbonyl (C=O) groups excluding carboxylic acids is 1. The summed E-state index contributed by atoms with van der Waals surface area (Å²) in [6, 6.07) is -1.72. The minimum absolute atomic E-state index is 1.13. The van der Waals surface area contributed by atoms with Crippen molar-refractivity contribution >= 4 is 5.91 Å². The van der Waals surface area contributed by atoms with E-state index in [9.17, 15) is 18.0 Å². The van der Waals surface area contributed by atoms with Gasteiger partial charge in [0.05, 0.1) is 12.5 Å². The summed E-state index contributed by atoms with van der Waals surface area (Å²) >= 11 is 0. The molecule has 68 valence electrons. The summed E-state index contributed by atoms with van der Waals surface area (Å²) in [5, 5.41) is 9.37. The van der Waals surface area contributed by atoms with Crippen molar-refractivity contribution in [3.05, 3.63) is 0 Å². The summed E-state index contributed by atoms with van der Waals surface area (Å²) in [6.07, 6.45) is -4.74. The van der Waals surface area contributed by atoms with E-state index in [1.54, 1.807) is 0 Å². The average Bonchev–Trinajstić information content (AvgIpc) is 1.84. The van der Waals surface area contributed by atoms with Crippen LogP contribution in [0.1, 0.15) is 6.42 Å². The van der Waals surface area contributed by atoms with Gasteiger partial charge in [-0.1, -0.05) is 0 Å². The fraction of sp³-hybridized carbons (Fsp3) is 0.600. The molecule has 12 heavy (non-hydrogen) atoms. The zero-order chi connectivity index (χ0) is 9.78. The zero-order valence-corrected chi connectivity index (χ0v) is 5.85. The second-order valence-corrected chi connectivity index (χ2v) is 2.03.